The second-order valence-electron chi connectivity index (χ2n) is 4.29. The molecular weight excluding hydrogens is 322 g/mol. The molecule has 0 aliphatic rings. The molecule has 2 nitrogen and oxygen atoms in total. The molecular formula is C15H18BrNOS. The normalized spacial score (nSPS) is 12.4. The van der Waals surface area contributed by atoms with Crippen molar-refractivity contribution in [1.82, 2.24) is 5.32 Å². The lowest BCUT2D eigenvalue weighted by molar-refractivity contribution is 0.406. The van der Waals surface area contributed by atoms with Crippen LogP contribution in [0.2, 0.25) is 0 Å². The Hall–Kier alpha value is -0.840. The van der Waals surface area contributed by atoms with Gasteiger partial charge in [-0.1, -0.05) is 28.9 Å². The molecule has 4 heteroatoms. The molecule has 1 atom stereocenters. The van der Waals surface area contributed by atoms with E-state index in [9.17, 15) is 0 Å². The van der Waals surface area contributed by atoms with Gasteiger partial charge in [0, 0.05) is 15.4 Å². The van der Waals surface area contributed by atoms with E-state index in [1.807, 2.05) is 12.1 Å². The first kappa shape index (κ1) is 14.6. The standard InChI is InChI=1S/C15H18BrNOS/c1-3-17-13(15-5-4-8-19-15)10-11-9-12(16)6-7-14(11)18-2/h4-9,13,17H,3,10H2,1-2H3. The van der Waals surface area contributed by atoms with Crippen LogP contribution in [0.3, 0.4) is 0 Å². The first-order chi connectivity index (χ1) is 9.24. The first-order valence-corrected chi connectivity index (χ1v) is 8.01. The molecule has 0 aliphatic carbocycles. The molecule has 0 fully saturated rings. The van der Waals surface area contributed by atoms with Crippen LogP contribution >= 0.6 is 27.3 Å². The molecule has 0 spiro atoms. The summed E-state index contributed by atoms with van der Waals surface area (Å²) in [7, 11) is 1.72. The fourth-order valence-corrected chi connectivity index (χ4v) is 3.35. The van der Waals surface area contributed by atoms with Gasteiger partial charge in [0.1, 0.15) is 5.75 Å². The van der Waals surface area contributed by atoms with Crippen molar-refractivity contribution in [3.63, 3.8) is 0 Å². The van der Waals surface area contributed by atoms with Crippen LogP contribution in [-0.2, 0) is 6.42 Å². The molecule has 0 aliphatic heterocycles. The third-order valence-corrected chi connectivity index (χ3v) is 4.48. The van der Waals surface area contributed by atoms with E-state index in [1.165, 1.54) is 10.4 Å². The van der Waals surface area contributed by atoms with Crippen molar-refractivity contribution in [2.45, 2.75) is 19.4 Å². The molecule has 1 unspecified atom stereocenters. The van der Waals surface area contributed by atoms with Crippen LogP contribution in [0.5, 0.6) is 5.75 Å². The summed E-state index contributed by atoms with van der Waals surface area (Å²) < 4.78 is 6.54. The minimum absolute atomic E-state index is 0.341. The summed E-state index contributed by atoms with van der Waals surface area (Å²) in [5, 5.41) is 5.67. The van der Waals surface area contributed by atoms with Gasteiger partial charge < -0.3 is 10.1 Å². The molecule has 102 valence electrons. The van der Waals surface area contributed by atoms with E-state index in [0.717, 1.165) is 23.2 Å². The Bertz CT molecular complexity index is 513. The van der Waals surface area contributed by atoms with Crippen molar-refractivity contribution in [3.8, 4) is 5.75 Å². The summed E-state index contributed by atoms with van der Waals surface area (Å²) in [6, 6.07) is 10.8. The van der Waals surface area contributed by atoms with Gasteiger partial charge in [-0.2, -0.15) is 0 Å². The van der Waals surface area contributed by atoms with Gasteiger partial charge in [0.05, 0.1) is 7.11 Å². The van der Waals surface area contributed by atoms with E-state index >= 15 is 0 Å². The lowest BCUT2D eigenvalue weighted by atomic mass is 10.0. The van der Waals surface area contributed by atoms with E-state index in [2.05, 4.69) is 51.7 Å². The number of hydrogen-bond donors (Lipinski definition) is 1. The Morgan fingerprint density at radius 2 is 2.21 bits per heavy atom. The van der Waals surface area contributed by atoms with Gasteiger partial charge >= 0.3 is 0 Å². The number of rotatable bonds is 6. The summed E-state index contributed by atoms with van der Waals surface area (Å²) in [5.74, 6) is 0.947. The lowest BCUT2D eigenvalue weighted by Gasteiger charge is -2.18. The van der Waals surface area contributed by atoms with E-state index in [0.29, 0.717) is 6.04 Å². The van der Waals surface area contributed by atoms with Gasteiger partial charge in [-0.25, -0.2) is 0 Å². The fraction of sp³-hybridized carbons (Fsp3) is 0.333. The predicted octanol–water partition coefficient (Wildman–Crippen LogP) is 4.41. The highest BCUT2D eigenvalue weighted by molar-refractivity contribution is 9.10. The minimum Gasteiger partial charge on any atom is -0.496 e. The quantitative estimate of drug-likeness (QED) is 0.841. The average molecular weight is 340 g/mol. The van der Waals surface area contributed by atoms with Crippen molar-refractivity contribution in [1.29, 1.82) is 0 Å². The Morgan fingerprint density at radius 3 is 2.84 bits per heavy atom. The SMILES string of the molecule is CCNC(Cc1cc(Br)ccc1OC)c1cccs1. The van der Waals surface area contributed by atoms with Gasteiger partial charge in [0.25, 0.3) is 0 Å². The molecule has 1 aromatic carbocycles. The number of hydrogen-bond acceptors (Lipinski definition) is 3. The number of ether oxygens (including phenoxy) is 1. The van der Waals surface area contributed by atoms with Crippen LogP contribution in [0.15, 0.2) is 40.2 Å². The Balaban J connectivity index is 2.24. The summed E-state index contributed by atoms with van der Waals surface area (Å²) >= 11 is 5.32. The summed E-state index contributed by atoms with van der Waals surface area (Å²) in [5.41, 5.74) is 1.22. The monoisotopic (exact) mass is 339 g/mol. The highest BCUT2D eigenvalue weighted by Crippen LogP contribution is 2.29. The maximum atomic E-state index is 5.45. The van der Waals surface area contributed by atoms with Crippen LogP contribution in [0.25, 0.3) is 0 Å². The zero-order valence-electron chi connectivity index (χ0n) is 11.2. The average Bonchev–Trinajstić information content (AvgIpc) is 2.92. The topological polar surface area (TPSA) is 21.3 Å². The molecule has 1 heterocycles. The molecule has 19 heavy (non-hydrogen) atoms. The number of likely N-dealkylation sites (N-methyl/N-ethyl adjacent to an activating group) is 1. The van der Waals surface area contributed by atoms with Crippen molar-refractivity contribution in [3.05, 3.63) is 50.6 Å². The van der Waals surface area contributed by atoms with Gasteiger partial charge in [-0.3, -0.25) is 0 Å². The van der Waals surface area contributed by atoms with Crippen LogP contribution in [0, 0.1) is 0 Å². The number of halogens is 1. The summed E-state index contributed by atoms with van der Waals surface area (Å²) in [6.45, 7) is 3.09. The molecule has 0 saturated heterocycles. The van der Waals surface area contributed by atoms with Crippen molar-refractivity contribution < 1.29 is 4.74 Å². The molecule has 2 rings (SSSR count). The van der Waals surface area contributed by atoms with Crippen LogP contribution in [0.4, 0.5) is 0 Å². The number of benzene rings is 1. The summed E-state index contributed by atoms with van der Waals surface area (Å²) in [4.78, 5) is 1.36. The highest BCUT2D eigenvalue weighted by Gasteiger charge is 2.15. The van der Waals surface area contributed by atoms with E-state index in [1.54, 1.807) is 18.4 Å². The van der Waals surface area contributed by atoms with Crippen molar-refractivity contribution in [2.75, 3.05) is 13.7 Å². The fourth-order valence-electron chi connectivity index (χ4n) is 2.14. The number of thiophene rings is 1. The van der Waals surface area contributed by atoms with E-state index < -0.39 is 0 Å². The third kappa shape index (κ3) is 3.81. The van der Waals surface area contributed by atoms with Crippen LogP contribution < -0.4 is 10.1 Å². The lowest BCUT2D eigenvalue weighted by Crippen LogP contribution is -2.22. The maximum absolute atomic E-state index is 5.45. The summed E-state index contributed by atoms with van der Waals surface area (Å²) in [6.07, 6.45) is 0.928. The molecule has 0 amide bonds. The van der Waals surface area contributed by atoms with E-state index in [-0.39, 0.29) is 0 Å². The van der Waals surface area contributed by atoms with Crippen molar-refractivity contribution in [2.24, 2.45) is 0 Å². The second-order valence-corrected chi connectivity index (χ2v) is 6.18. The zero-order valence-corrected chi connectivity index (χ0v) is 13.6. The minimum atomic E-state index is 0.341. The molecule has 1 aromatic heterocycles. The van der Waals surface area contributed by atoms with Gasteiger partial charge in [0.2, 0.25) is 0 Å². The van der Waals surface area contributed by atoms with Crippen LogP contribution in [0.1, 0.15) is 23.4 Å². The van der Waals surface area contributed by atoms with Crippen molar-refractivity contribution >= 4 is 27.3 Å². The Morgan fingerprint density at radius 1 is 1.37 bits per heavy atom. The maximum Gasteiger partial charge on any atom is 0.122 e. The third-order valence-electron chi connectivity index (χ3n) is 3.00. The number of nitrogens with one attached hydrogen (secondary N) is 1. The van der Waals surface area contributed by atoms with Crippen LogP contribution in [-0.4, -0.2) is 13.7 Å². The predicted molar refractivity (Wildman–Crippen MR) is 85.1 cm³/mol. The smallest absolute Gasteiger partial charge is 0.122 e. The molecule has 0 bridgehead atoms. The Labute approximate surface area is 126 Å². The molecule has 0 saturated carbocycles. The Kier molecular flexibility index (Phi) is 5.43. The second kappa shape index (κ2) is 7.08. The van der Waals surface area contributed by atoms with Gasteiger partial charge in [-0.05, 0) is 48.2 Å². The highest BCUT2D eigenvalue weighted by atomic mass is 79.9. The van der Waals surface area contributed by atoms with E-state index in [4.69, 9.17) is 4.74 Å². The largest absolute Gasteiger partial charge is 0.496 e. The first-order valence-electron chi connectivity index (χ1n) is 6.33. The molecule has 0 radical (unpaired) electrons. The number of methoxy groups -OCH3 is 1. The van der Waals surface area contributed by atoms with Gasteiger partial charge in [-0.15, -0.1) is 11.3 Å². The zero-order chi connectivity index (χ0) is 13.7. The molecule has 1 N–H and O–H groups in total. The molecule has 2 aromatic rings. The van der Waals surface area contributed by atoms with Gasteiger partial charge in [0.15, 0.2) is 0 Å².